The summed E-state index contributed by atoms with van der Waals surface area (Å²) in [4.78, 5) is 2.31. The Hall–Kier alpha value is -0.540. The number of anilines is 1. The molecule has 3 heteroatoms. The lowest BCUT2D eigenvalue weighted by Crippen LogP contribution is -2.20. The Balaban J connectivity index is 2.78. The van der Waals surface area contributed by atoms with Crippen molar-refractivity contribution in [2.24, 2.45) is 0 Å². The summed E-state index contributed by atoms with van der Waals surface area (Å²) in [5, 5.41) is 3.44. The van der Waals surface area contributed by atoms with Crippen molar-refractivity contribution in [2.45, 2.75) is 39.7 Å². The fourth-order valence-electron chi connectivity index (χ4n) is 2.04. The monoisotopic (exact) mass is 312 g/mol. The molecule has 2 nitrogen and oxygen atoms in total. The number of hydrogen-bond donors (Lipinski definition) is 1. The molecule has 102 valence electrons. The van der Waals surface area contributed by atoms with Crippen LogP contribution in [0.3, 0.4) is 0 Å². The molecule has 0 saturated heterocycles. The van der Waals surface area contributed by atoms with Gasteiger partial charge in [-0.2, -0.15) is 0 Å². The fourth-order valence-corrected chi connectivity index (χ4v) is 2.74. The van der Waals surface area contributed by atoms with Crippen molar-refractivity contribution < 1.29 is 0 Å². The standard InChI is InChI=1S/C15H25BrN2/c1-5-7-10-18(4)15-9-8-13(11-14(15)16)12(3)17-6-2/h8-9,11-12,17H,5-7,10H2,1-4H3. The number of nitrogens with zero attached hydrogens (tertiary/aromatic N) is 1. The normalized spacial score (nSPS) is 12.5. The molecule has 0 aliphatic heterocycles. The quantitative estimate of drug-likeness (QED) is 0.805. The average molecular weight is 313 g/mol. The molecule has 1 unspecified atom stereocenters. The van der Waals surface area contributed by atoms with E-state index in [-0.39, 0.29) is 0 Å². The van der Waals surface area contributed by atoms with E-state index in [4.69, 9.17) is 0 Å². The van der Waals surface area contributed by atoms with Crippen LogP contribution in [0, 0.1) is 0 Å². The Morgan fingerprint density at radius 1 is 1.33 bits per heavy atom. The van der Waals surface area contributed by atoms with E-state index in [1.807, 2.05) is 0 Å². The molecule has 1 N–H and O–H groups in total. The van der Waals surface area contributed by atoms with Crippen LogP contribution in [0.25, 0.3) is 0 Å². The SMILES string of the molecule is CCCCN(C)c1ccc(C(C)NCC)cc1Br. The van der Waals surface area contributed by atoms with Gasteiger partial charge in [-0.25, -0.2) is 0 Å². The molecule has 0 aliphatic rings. The lowest BCUT2D eigenvalue weighted by molar-refractivity contribution is 0.598. The summed E-state index contributed by atoms with van der Waals surface area (Å²) in [5.74, 6) is 0. The van der Waals surface area contributed by atoms with Gasteiger partial charge in [0.25, 0.3) is 0 Å². The van der Waals surface area contributed by atoms with Gasteiger partial charge in [-0.1, -0.05) is 26.3 Å². The molecule has 18 heavy (non-hydrogen) atoms. The van der Waals surface area contributed by atoms with Gasteiger partial charge in [0, 0.05) is 24.1 Å². The zero-order chi connectivity index (χ0) is 13.5. The first-order valence-corrected chi connectivity index (χ1v) is 7.63. The second-order valence-corrected chi connectivity index (χ2v) is 5.62. The van der Waals surface area contributed by atoms with Gasteiger partial charge in [-0.05, 0) is 53.5 Å². The Labute approximate surface area is 120 Å². The van der Waals surface area contributed by atoms with Gasteiger partial charge < -0.3 is 10.2 Å². The summed E-state index contributed by atoms with van der Waals surface area (Å²) in [6.07, 6.45) is 2.47. The van der Waals surface area contributed by atoms with Gasteiger partial charge in [-0.3, -0.25) is 0 Å². The molecular weight excluding hydrogens is 288 g/mol. The van der Waals surface area contributed by atoms with Gasteiger partial charge in [0.05, 0.1) is 5.69 Å². The van der Waals surface area contributed by atoms with E-state index < -0.39 is 0 Å². The lowest BCUT2D eigenvalue weighted by Gasteiger charge is -2.22. The number of unbranched alkanes of at least 4 members (excludes halogenated alkanes) is 1. The predicted molar refractivity (Wildman–Crippen MR) is 84.4 cm³/mol. The first kappa shape index (κ1) is 15.5. The van der Waals surface area contributed by atoms with E-state index >= 15 is 0 Å². The largest absolute Gasteiger partial charge is 0.374 e. The van der Waals surface area contributed by atoms with Crippen molar-refractivity contribution in [3.63, 3.8) is 0 Å². The third-order valence-corrected chi connectivity index (χ3v) is 3.88. The minimum Gasteiger partial charge on any atom is -0.374 e. The van der Waals surface area contributed by atoms with Gasteiger partial charge in [0.2, 0.25) is 0 Å². The molecule has 1 rings (SSSR count). The van der Waals surface area contributed by atoms with Crippen LogP contribution in [0.15, 0.2) is 22.7 Å². The van der Waals surface area contributed by atoms with E-state index in [1.165, 1.54) is 28.6 Å². The highest BCUT2D eigenvalue weighted by molar-refractivity contribution is 9.10. The van der Waals surface area contributed by atoms with E-state index in [2.05, 4.69) is 72.2 Å². The molecule has 0 fully saturated rings. The molecule has 0 bridgehead atoms. The molecule has 0 amide bonds. The molecule has 1 atom stereocenters. The second-order valence-electron chi connectivity index (χ2n) is 4.77. The molecule has 0 radical (unpaired) electrons. The fraction of sp³-hybridized carbons (Fsp3) is 0.600. The van der Waals surface area contributed by atoms with Crippen molar-refractivity contribution >= 4 is 21.6 Å². The zero-order valence-corrected chi connectivity index (χ0v) is 13.5. The Morgan fingerprint density at radius 3 is 2.61 bits per heavy atom. The summed E-state index contributed by atoms with van der Waals surface area (Å²) in [7, 11) is 2.16. The maximum atomic E-state index is 3.69. The Bertz CT molecular complexity index is 366. The minimum absolute atomic E-state index is 0.404. The number of rotatable bonds is 7. The highest BCUT2D eigenvalue weighted by atomic mass is 79.9. The third-order valence-electron chi connectivity index (χ3n) is 3.24. The van der Waals surface area contributed by atoms with Gasteiger partial charge in [0.1, 0.15) is 0 Å². The summed E-state index contributed by atoms with van der Waals surface area (Å²) in [5.41, 5.74) is 2.60. The molecular formula is C15H25BrN2. The summed E-state index contributed by atoms with van der Waals surface area (Å²) >= 11 is 3.69. The summed E-state index contributed by atoms with van der Waals surface area (Å²) in [6.45, 7) is 8.67. The van der Waals surface area contributed by atoms with Gasteiger partial charge >= 0.3 is 0 Å². The molecule has 0 heterocycles. The van der Waals surface area contributed by atoms with Crippen LogP contribution in [0.5, 0.6) is 0 Å². The summed E-state index contributed by atoms with van der Waals surface area (Å²) < 4.78 is 1.18. The van der Waals surface area contributed by atoms with Crippen LogP contribution >= 0.6 is 15.9 Å². The van der Waals surface area contributed by atoms with Crippen molar-refractivity contribution in [3.05, 3.63) is 28.2 Å². The van der Waals surface area contributed by atoms with Crippen molar-refractivity contribution in [1.29, 1.82) is 0 Å². The number of hydrogen-bond acceptors (Lipinski definition) is 2. The zero-order valence-electron chi connectivity index (χ0n) is 12.0. The van der Waals surface area contributed by atoms with Crippen LogP contribution in [-0.2, 0) is 0 Å². The topological polar surface area (TPSA) is 15.3 Å². The summed E-state index contributed by atoms with van der Waals surface area (Å²) in [6, 6.07) is 7.06. The smallest absolute Gasteiger partial charge is 0.0508 e. The van der Waals surface area contributed by atoms with E-state index in [9.17, 15) is 0 Å². The van der Waals surface area contributed by atoms with Crippen LogP contribution in [0.4, 0.5) is 5.69 Å². The molecule has 1 aromatic carbocycles. The first-order valence-electron chi connectivity index (χ1n) is 6.84. The van der Waals surface area contributed by atoms with Crippen LogP contribution < -0.4 is 10.2 Å². The van der Waals surface area contributed by atoms with Crippen molar-refractivity contribution in [2.75, 3.05) is 25.0 Å². The first-order chi connectivity index (χ1) is 8.60. The van der Waals surface area contributed by atoms with Crippen molar-refractivity contribution in [1.82, 2.24) is 5.32 Å². The highest BCUT2D eigenvalue weighted by Gasteiger charge is 2.09. The predicted octanol–water partition coefficient (Wildman–Crippen LogP) is 4.36. The molecule has 0 saturated carbocycles. The number of benzene rings is 1. The Morgan fingerprint density at radius 2 is 2.06 bits per heavy atom. The van der Waals surface area contributed by atoms with Gasteiger partial charge in [-0.15, -0.1) is 0 Å². The van der Waals surface area contributed by atoms with Crippen LogP contribution in [0.1, 0.15) is 45.2 Å². The van der Waals surface area contributed by atoms with E-state index in [0.717, 1.165) is 13.1 Å². The van der Waals surface area contributed by atoms with Crippen LogP contribution in [-0.4, -0.2) is 20.1 Å². The lowest BCUT2D eigenvalue weighted by atomic mass is 10.1. The maximum absolute atomic E-state index is 3.69. The van der Waals surface area contributed by atoms with Gasteiger partial charge in [0.15, 0.2) is 0 Å². The minimum atomic E-state index is 0.404. The molecule has 0 aromatic heterocycles. The number of nitrogens with one attached hydrogen (secondary N) is 1. The Kier molecular flexibility index (Phi) is 6.72. The molecule has 0 aliphatic carbocycles. The van der Waals surface area contributed by atoms with E-state index in [0.29, 0.717) is 6.04 Å². The second kappa shape index (κ2) is 7.80. The third kappa shape index (κ3) is 4.29. The van der Waals surface area contributed by atoms with E-state index in [1.54, 1.807) is 0 Å². The molecule has 0 spiro atoms. The molecule has 1 aromatic rings. The average Bonchev–Trinajstić information content (AvgIpc) is 2.36. The van der Waals surface area contributed by atoms with Crippen molar-refractivity contribution in [3.8, 4) is 0 Å². The highest BCUT2D eigenvalue weighted by Crippen LogP contribution is 2.28. The number of halogens is 1. The van der Waals surface area contributed by atoms with Crippen LogP contribution in [0.2, 0.25) is 0 Å². The maximum Gasteiger partial charge on any atom is 0.0508 e.